The molecule has 168 valence electrons. The number of nitrogens with zero attached hydrogens (tertiary/aromatic N) is 2. The van der Waals surface area contributed by atoms with Crippen molar-refractivity contribution in [3.63, 3.8) is 0 Å². The van der Waals surface area contributed by atoms with Gasteiger partial charge in [0.25, 0.3) is 0 Å². The van der Waals surface area contributed by atoms with Crippen LogP contribution in [0.1, 0.15) is 31.9 Å². The number of ether oxygens (including phenoxy) is 1. The van der Waals surface area contributed by atoms with E-state index in [4.69, 9.17) is 16.4 Å². The Labute approximate surface area is 185 Å². The van der Waals surface area contributed by atoms with Crippen molar-refractivity contribution >= 4 is 35.6 Å². The Hall–Kier alpha value is -3.98. The van der Waals surface area contributed by atoms with Gasteiger partial charge in [0.1, 0.15) is 17.9 Å². The SMILES string of the molecule is CC(C)(C)OC(=O)N(N)[C@](C(=O)O)(C(=C=O)c1ccccc1)c1cccc(N=CNN)c1. The molecule has 0 aliphatic rings. The van der Waals surface area contributed by atoms with Crippen LogP contribution in [0, 0.1) is 0 Å². The Balaban J connectivity index is 2.86. The first-order chi connectivity index (χ1) is 15.1. The molecule has 10 nitrogen and oxygen atoms in total. The molecular formula is C22H25N5O5. The Morgan fingerprint density at radius 2 is 1.81 bits per heavy atom. The summed E-state index contributed by atoms with van der Waals surface area (Å²) in [5.74, 6) is 11.4. The monoisotopic (exact) mass is 439 g/mol. The first kappa shape index (κ1) is 24.3. The van der Waals surface area contributed by atoms with Crippen molar-refractivity contribution in [1.29, 1.82) is 0 Å². The summed E-state index contributed by atoms with van der Waals surface area (Å²) in [6.07, 6.45) is 0.0321. The van der Waals surface area contributed by atoms with E-state index >= 15 is 0 Å². The smallest absolute Gasteiger partial charge is 0.426 e. The lowest BCUT2D eigenvalue weighted by atomic mass is 9.79. The van der Waals surface area contributed by atoms with E-state index in [-0.39, 0.29) is 11.1 Å². The topological polar surface area (TPSA) is 160 Å². The van der Waals surface area contributed by atoms with Crippen LogP contribution in [0.15, 0.2) is 59.6 Å². The largest absolute Gasteiger partial charge is 0.479 e. The summed E-state index contributed by atoms with van der Waals surface area (Å²) in [5, 5.41) is 10.8. The molecule has 0 spiro atoms. The first-order valence-electron chi connectivity index (χ1n) is 9.49. The molecule has 2 aromatic carbocycles. The normalized spacial score (nSPS) is 13.0. The van der Waals surface area contributed by atoms with E-state index in [1.807, 2.05) is 0 Å². The zero-order chi connectivity index (χ0) is 23.9. The summed E-state index contributed by atoms with van der Waals surface area (Å²) in [6.45, 7) is 4.80. The Morgan fingerprint density at radius 1 is 1.16 bits per heavy atom. The van der Waals surface area contributed by atoms with Crippen molar-refractivity contribution < 1.29 is 24.2 Å². The maximum Gasteiger partial charge on any atom is 0.426 e. The molecule has 0 saturated carbocycles. The van der Waals surface area contributed by atoms with E-state index in [1.165, 1.54) is 36.7 Å². The minimum atomic E-state index is -2.48. The fourth-order valence-corrected chi connectivity index (χ4v) is 3.05. The minimum absolute atomic E-state index is 0.0211. The molecule has 32 heavy (non-hydrogen) atoms. The van der Waals surface area contributed by atoms with Gasteiger partial charge in [-0.1, -0.05) is 42.5 Å². The van der Waals surface area contributed by atoms with E-state index < -0.39 is 28.8 Å². The highest BCUT2D eigenvalue weighted by atomic mass is 16.6. The zero-order valence-electron chi connectivity index (χ0n) is 17.9. The van der Waals surface area contributed by atoms with Crippen LogP contribution in [0.5, 0.6) is 0 Å². The molecule has 10 heteroatoms. The van der Waals surface area contributed by atoms with Crippen LogP contribution in [0.2, 0.25) is 0 Å². The number of carbonyl (C=O) groups excluding carboxylic acids is 2. The molecule has 0 heterocycles. The van der Waals surface area contributed by atoms with Gasteiger partial charge in [0.05, 0.1) is 11.3 Å². The minimum Gasteiger partial charge on any atom is -0.479 e. The number of nitrogens with two attached hydrogens (primary N) is 2. The lowest BCUT2D eigenvalue weighted by molar-refractivity contribution is -0.148. The quantitative estimate of drug-likeness (QED) is 0.127. The molecule has 2 rings (SSSR count). The lowest BCUT2D eigenvalue weighted by Gasteiger charge is -2.38. The molecule has 1 atom stereocenters. The van der Waals surface area contributed by atoms with Crippen LogP contribution < -0.4 is 17.1 Å². The van der Waals surface area contributed by atoms with Gasteiger partial charge in [-0.15, -0.1) is 0 Å². The van der Waals surface area contributed by atoms with Crippen molar-refractivity contribution in [1.82, 2.24) is 10.4 Å². The van der Waals surface area contributed by atoms with Crippen molar-refractivity contribution in [3.8, 4) is 0 Å². The predicted octanol–water partition coefficient (Wildman–Crippen LogP) is 2.12. The Morgan fingerprint density at radius 3 is 2.34 bits per heavy atom. The molecule has 0 radical (unpaired) electrons. The van der Waals surface area contributed by atoms with Gasteiger partial charge >= 0.3 is 12.1 Å². The average Bonchev–Trinajstić information content (AvgIpc) is 2.74. The van der Waals surface area contributed by atoms with Crippen LogP contribution in [-0.4, -0.2) is 40.1 Å². The van der Waals surface area contributed by atoms with Gasteiger partial charge in [-0.2, -0.15) is 0 Å². The number of hydrogen-bond donors (Lipinski definition) is 4. The third-order valence-electron chi connectivity index (χ3n) is 4.34. The van der Waals surface area contributed by atoms with Crippen LogP contribution in [0.4, 0.5) is 10.5 Å². The summed E-state index contributed by atoms with van der Waals surface area (Å²) in [7, 11) is 0. The number of aliphatic carboxylic acids is 1. The van der Waals surface area contributed by atoms with Gasteiger partial charge < -0.3 is 15.3 Å². The Kier molecular flexibility index (Phi) is 7.50. The maximum absolute atomic E-state index is 12.9. The van der Waals surface area contributed by atoms with Crippen molar-refractivity contribution in [2.45, 2.75) is 31.9 Å². The lowest BCUT2D eigenvalue weighted by Crippen LogP contribution is -2.60. The fraction of sp³-hybridized carbons (Fsp3) is 0.227. The molecule has 0 saturated heterocycles. The van der Waals surface area contributed by atoms with Crippen molar-refractivity contribution in [3.05, 3.63) is 65.7 Å². The number of aliphatic imine (C=N–C) groups is 1. The first-order valence-corrected chi connectivity index (χ1v) is 9.49. The second-order valence-corrected chi connectivity index (χ2v) is 7.68. The molecule has 1 amide bonds. The van der Waals surface area contributed by atoms with Gasteiger partial charge in [0, 0.05) is 0 Å². The molecular weight excluding hydrogens is 414 g/mol. The summed E-state index contributed by atoms with van der Waals surface area (Å²) >= 11 is 0. The predicted molar refractivity (Wildman–Crippen MR) is 119 cm³/mol. The second-order valence-electron chi connectivity index (χ2n) is 7.68. The van der Waals surface area contributed by atoms with Gasteiger partial charge in [-0.25, -0.2) is 36.1 Å². The second kappa shape index (κ2) is 9.88. The molecule has 0 fully saturated rings. The number of rotatable bonds is 7. The van der Waals surface area contributed by atoms with Gasteiger partial charge in [0.2, 0.25) is 5.54 Å². The molecule has 0 bridgehead atoms. The van der Waals surface area contributed by atoms with E-state index in [2.05, 4.69) is 10.4 Å². The number of carboxylic acid groups (broad SMARTS) is 1. The fourth-order valence-electron chi connectivity index (χ4n) is 3.05. The number of carbonyl (C=O) groups is 2. The van der Waals surface area contributed by atoms with E-state index in [0.29, 0.717) is 10.7 Å². The highest BCUT2D eigenvalue weighted by molar-refractivity contribution is 6.08. The third-order valence-corrected chi connectivity index (χ3v) is 4.34. The molecule has 0 unspecified atom stereocenters. The third kappa shape index (κ3) is 5.01. The van der Waals surface area contributed by atoms with E-state index in [9.17, 15) is 19.5 Å². The summed E-state index contributed by atoms with van der Waals surface area (Å²) in [6, 6.07) is 13.8. The summed E-state index contributed by atoms with van der Waals surface area (Å²) in [4.78, 5) is 42.0. The van der Waals surface area contributed by atoms with Crippen LogP contribution in [0.3, 0.4) is 0 Å². The number of hydrazine groups is 2. The number of amides is 1. The zero-order valence-corrected chi connectivity index (χ0v) is 17.9. The highest BCUT2D eigenvalue weighted by Gasteiger charge is 2.53. The molecule has 6 N–H and O–H groups in total. The number of carboxylic acids is 1. The number of nitrogens with one attached hydrogen (secondary N) is 1. The van der Waals surface area contributed by atoms with E-state index in [1.54, 1.807) is 51.0 Å². The molecule has 0 aliphatic carbocycles. The van der Waals surface area contributed by atoms with Gasteiger partial charge in [-0.3, -0.25) is 0 Å². The van der Waals surface area contributed by atoms with Crippen LogP contribution in [0.25, 0.3) is 5.57 Å². The van der Waals surface area contributed by atoms with Crippen molar-refractivity contribution in [2.75, 3.05) is 0 Å². The number of hydrogen-bond acceptors (Lipinski definition) is 7. The maximum atomic E-state index is 12.9. The van der Waals surface area contributed by atoms with Gasteiger partial charge in [-0.05, 0) is 44.0 Å². The molecule has 2 aromatic rings. The summed E-state index contributed by atoms with van der Waals surface area (Å²) in [5.41, 5.74) is -1.13. The molecule has 0 aromatic heterocycles. The molecule has 0 aliphatic heterocycles. The van der Waals surface area contributed by atoms with Gasteiger partial charge in [0.15, 0.2) is 0 Å². The average molecular weight is 439 g/mol. The van der Waals surface area contributed by atoms with Crippen molar-refractivity contribution in [2.24, 2.45) is 16.7 Å². The van der Waals surface area contributed by atoms with Crippen LogP contribution in [-0.2, 0) is 19.9 Å². The summed E-state index contributed by atoms with van der Waals surface area (Å²) < 4.78 is 5.30. The highest BCUT2D eigenvalue weighted by Crippen LogP contribution is 2.41. The standard InChI is InChI=1S/C22H25N5O5/c1-21(2,3)32-20(31)27(24)22(19(29)30,18(13-28)15-8-5-4-6-9-15)16-10-7-11-17(12-16)25-14-26-23/h4-12,14H,23-24H2,1-3H3,(H,25,26)(H,29,30)/t22-/m0/s1. The number of benzene rings is 2. The Bertz CT molecular complexity index is 1060. The van der Waals surface area contributed by atoms with E-state index in [0.717, 1.165) is 0 Å². The van der Waals surface area contributed by atoms with Crippen LogP contribution >= 0.6 is 0 Å².